The summed E-state index contributed by atoms with van der Waals surface area (Å²) >= 11 is 0. The standard InChI is InChI=1S/C11H26N2/c1-7-10(8-12)13(6)9(2)11(3,4)5/h9-10H,7-8,12H2,1-6H3. The van der Waals surface area contributed by atoms with Gasteiger partial charge in [-0.25, -0.2) is 0 Å². The molecular weight excluding hydrogens is 160 g/mol. The van der Waals surface area contributed by atoms with E-state index in [1.165, 1.54) is 0 Å². The van der Waals surface area contributed by atoms with Gasteiger partial charge in [0.15, 0.2) is 0 Å². The summed E-state index contributed by atoms with van der Waals surface area (Å²) in [4.78, 5) is 2.40. The number of nitrogens with two attached hydrogens (primary N) is 1. The normalized spacial score (nSPS) is 17.5. The third-order valence-corrected chi connectivity index (χ3v) is 3.18. The van der Waals surface area contributed by atoms with Crippen LogP contribution in [0.1, 0.15) is 41.0 Å². The molecule has 0 amide bonds. The van der Waals surface area contributed by atoms with E-state index in [4.69, 9.17) is 5.73 Å². The summed E-state index contributed by atoms with van der Waals surface area (Å²) in [5.41, 5.74) is 6.05. The van der Waals surface area contributed by atoms with E-state index in [9.17, 15) is 0 Å². The van der Waals surface area contributed by atoms with Crippen molar-refractivity contribution >= 4 is 0 Å². The van der Waals surface area contributed by atoms with Gasteiger partial charge in [-0.05, 0) is 25.8 Å². The maximum Gasteiger partial charge on any atom is 0.0215 e. The van der Waals surface area contributed by atoms with E-state index in [1.54, 1.807) is 0 Å². The Labute approximate surface area is 83.5 Å². The average molecular weight is 186 g/mol. The highest BCUT2D eigenvalue weighted by Gasteiger charge is 2.26. The van der Waals surface area contributed by atoms with Gasteiger partial charge in [0.2, 0.25) is 0 Å². The first-order chi connectivity index (χ1) is 5.84. The maximum absolute atomic E-state index is 5.72. The van der Waals surface area contributed by atoms with Crippen molar-refractivity contribution in [2.24, 2.45) is 11.1 Å². The molecule has 0 saturated carbocycles. The predicted octanol–water partition coefficient (Wildman–Crippen LogP) is 2.09. The predicted molar refractivity (Wildman–Crippen MR) is 59.8 cm³/mol. The van der Waals surface area contributed by atoms with Crippen LogP contribution in [0.15, 0.2) is 0 Å². The highest BCUT2D eigenvalue weighted by molar-refractivity contribution is 4.81. The van der Waals surface area contributed by atoms with Crippen molar-refractivity contribution in [3.8, 4) is 0 Å². The van der Waals surface area contributed by atoms with Gasteiger partial charge < -0.3 is 5.73 Å². The third kappa shape index (κ3) is 3.65. The minimum absolute atomic E-state index is 0.331. The lowest BCUT2D eigenvalue weighted by molar-refractivity contribution is 0.0982. The van der Waals surface area contributed by atoms with Gasteiger partial charge in [-0.1, -0.05) is 27.7 Å². The van der Waals surface area contributed by atoms with Crippen molar-refractivity contribution in [1.82, 2.24) is 4.90 Å². The van der Waals surface area contributed by atoms with E-state index in [-0.39, 0.29) is 0 Å². The van der Waals surface area contributed by atoms with Gasteiger partial charge in [-0.15, -0.1) is 0 Å². The van der Waals surface area contributed by atoms with Gasteiger partial charge in [0.1, 0.15) is 0 Å². The van der Waals surface area contributed by atoms with E-state index < -0.39 is 0 Å². The molecule has 0 aliphatic heterocycles. The molecule has 0 aromatic carbocycles. The third-order valence-electron chi connectivity index (χ3n) is 3.18. The van der Waals surface area contributed by atoms with Crippen LogP contribution in [0, 0.1) is 5.41 Å². The molecule has 2 unspecified atom stereocenters. The van der Waals surface area contributed by atoms with Gasteiger partial charge in [0, 0.05) is 18.6 Å². The maximum atomic E-state index is 5.72. The Balaban J connectivity index is 4.31. The van der Waals surface area contributed by atoms with Crippen LogP contribution < -0.4 is 5.73 Å². The first kappa shape index (κ1) is 12.9. The van der Waals surface area contributed by atoms with E-state index in [2.05, 4.69) is 46.6 Å². The van der Waals surface area contributed by atoms with Crippen LogP contribution in [0.25, 0.3) is 0 Å². The van der Waals surface area contributed by atoms with Crippen LogP contribution in [-0.2, 0) is 0 Å². The van der Waals surface area contributed by atoms with Crippen molar-refractivity contribution < 1.29 is 0 Å². The molecule has 0 heterocycles. The van der Waals surface area contributed by atoms with Crippen molar-refractivity contribution in [2.75, 3.05) is 13.6 Å². The first-order valence-electron chi connectivity index (χ1n) is 5.26. The van der Waals surface area contributed by atoms with Crippen LogP contribution in [-0.4, -0.2) is 30.6 Å². The summed E-state index contributed by atoms with van der Waals surface area (Å²) in [5.74, 6) is 0. The molecule has 0 fully saturated rings. The highest BCUT2D eigenvalue weighted by Crippen LogP contribution is 2.24. The average Bonchev–Trinajstić information content (AvgIpc) is 2.03. The summed E-state index contributed by atoms with van der Waals surface area (Å²) in [6, 6.07) is 1.09. The second-order valence-corrected chi connectivity index (χ2v) is 5.01. The second-order valence-electron chi connectivity index (χ2n) is 5.01. The lowest BCUT2D eigenvalue weighted by Crippen LogP contribution is -2.47. The largest absolute Gasteiger partial charge is 0.329 e. The molecule has 0 rings (SSSR count). The molecule has 2 atom stereocenters. The SMILES string of the molecule is CCC(CN)N(C)C(C)C(C)(C)C. The van der Waals surface area contributed by atoms with Crippen molar-refractivity contribution in [3.05, 3.63) is 0 Å². The zero-order chi connectivity index (χ0) is 10.6. The minimum atomic E-state index is 0.331. The van der Waals surface area contributed by atoms with Gasteiger partial charge in [0.25, 0.3) is 0 Å². The Kier molecular flexibility index (Phi) is 4.93. The van der Waals surface area contributed by atoms with Crippen LogP contribution in [0.2, 0.25) is 0 Å². The van der Waals surface area contributed by atoms with Crippen molar-refractivity contribution in [1.29, 1.82) is 0 Å². The van der Waals surface area contributed by atoms with Gasteiger partial charge in [-0.3, -0.25) is 4.90 Å². The Morgan fingerprint density at radius 3 is 2.00 bits per heavy atom. The molecule has 0 radical (unpaired) electrons. The first-order valence-corrected chi connectivity index (χ1v) is 5.26. The Bertz CT molecular complexity index is 134. The summed E-state index contributed by atoms with van der Waals surface area (Å²) in [6.07, 6.45) is 1.13. The van der Waals surface area contributed by atoms with Gasteiger partial charge in [0.05, 0.1) is 0 Å². The fourth-order valence-electron chi connectivity index (χ4n) is 1.55. The Hall–Kier alpha value is -0.0800. The van der Waals surface area contributed by atoms with E-state index in [0.29, 0.717) is 17.5 Å². The number of likely N-dealkylation sites (N-methyl/N-ethyl adjacent to an activating group) is 1. The molecule has 0 spiro atoms. The molecule has 0 aliphatic rings. The molecule has 2 N–H and O–H groups in total. The monoisotopic (exact) mass is 186 g/mol. The number of hydrogen-bond acceptors (Lipinski definition) is 2. The van der Waals surface area contributed by atoms with E-state index >= 15 is 0 Å². The number of nitrogens with zero attached hydrogens (tertiary/aromatic N) is 1. The quantitative estimate of drug-likeness (QED) is 0.728. The Morgan fingerprint density at radius 2 is 1.77 bits per heavy atom. The van der Waals surface area contributed by atoms with Crippen molar-refractivity contribution in [3.63, 3.8) is 0 Å². The zero-order valence-corrected chi connectivity index (χ0v) is 10.1. The minimum Gasteiger partial charge on any atom is -0.329 e. The molecule has 2 nitrogen and oxygen atoms in total. The van der Waals surface area contributed by atoms with Crippen LogP contribution >= 0.6 is 0 Å². The smallest absolute Gasteiger partial charge is 0.0215 e. The molecule has 80 valence electrons. The van der Waals surface area contributed by atoms with Crippen LogP contribution in [0.5, 0.6) is 0 Å². The summed E-state index contributed by atoms with van der Waals surface area (Å²) in [7, 11) is 2.18. The molecular formula is C11H26N2. The molecule has 0 aliphatic carbocycles. The number of hydrogen-bond donors (Lipinski definition) is 1. The van der Waals surface area contributed by atoms with Crippen molar-refractivity contribution in [2.45, 2.75) is 53.1 Å². The summed E-state index contributed by atoms with van der Waals surface area (Å²) in [6.45, 7) is 12.1. The molecule has 0 bridgehead atoms. The highest BCUT2D eigenvalue weighted by atomic mass is 15.2. The molecule has 0 aromatic heterocycles. The molecule has 0 aromatic rings. The lowest BCUT2D eigenvalue weighted by Gasteiger charge is -2.39. The topological polar surface area (TPSA) is 29.3 Å². The summed E-state index contributed by atoms with van der Waals surface area (Å²) in [5, 5.41) is 0. The van der Waals surface area contributed by atoms with Crippen LogP contribution in [0.3, 0.4) is 0 Å². The fraction of sp³-hybridized carbons (Fsp3) is 1.00. The molecule has 13 heavy (non-hydrogen) atoms. The second kappa shape index (κ2) is 4.97. The van der Waals surface area contributed by atoms with Crippen LogP contribution in [0.4, 0.5) is 0 Å². The van der Waals surface area contributed by atoms with Gasteiger partial charge >= 0.3 is 0 Å². The van der Waals surface area contributed by atoms with E-state index in [0.717, 1.165) is 13.0 Å². The Morgan fingerprint density at radius 1 is 1.31 bits per heavy atom. The lowest BCUT2D eigenvalue weighted by atomic mass is 9.86. The molecule has 0 saturated heterocycles. The zero-order valence-electron chi connectivity index (χ0n) is 10.1. The summed E-state index contributed by atoms with van der Waals surface area (Å²) < 4.78 is 0. The fourth-order valence-corrected chi connectivity index (χ4v) is 1.55. The number of rotatable bonds is 4. The van der Waals surface area contributed by atoms with Gasteiger partial charge in [-0.2, -0.15) is 0 Å². The molecule has 2 heteroatoms. The van der Waals surface area contributed by atoms with E-state index in [1.807, 2.05) is 0 Å².